The normalized spacial score (nSPS) is 23.1. The van der Waals surface area contributed by atoms with E-state index in [0.717, 1.165) is 24.8 Å². The third kappa shape index (κ3) is 20.3. The van der Waals surface area contributed by atoms with E-state index in [1.165, 1.54) is 26.5 Å². The summed E-state index contributed by atoms with van der Waals surface area (Å²) in [5, 5.41) is 21.9. The van der Waals surface area contributed by atoms with Crippen molar-refractivity contribution in [1.29, 1.82) is 0 Å². The second-order valence-electron chi connectivity index (χ2n) is 20.6. The highest BCUT2D eigenvalue weighted by atomic mass is 33.1. The number of aliphatic imine (C=N–C) groups is 1. The van der Waals surface area contributed by atoms with Crippen molar-refractivity contribution in [3.05, 3.63) is 71.8 Å². The smallest absolute Gasteiger partial charge is 0.246 e. The zero-order valence-electron chi connectivity index (χ0n) is 45.6. The summed E-state index contributed by atoms with van der Waals surface area (Å²) in [4.78, 5) is 146. The topological polar surface area (TPSA) is 387 Å². The van der Waals surface area contributed by atoms with Crippen LogP contribution < -0.4 is 65.5 Å². The summed E-state index contributed by atoms with van der Waals surface area (Å²) in [7, 11) is 2.62. The number of nitrogens with zero attached hydrogens (tertiary/aromatic N) is 2. The average molecular weight is 1150 g/mol. The molecule has 3 aliphatic rings. The highest BCUT2D eigenvalue weighted by molar-refractivity contribution is 8.77. The van der Waals surface area contributed by atoms with Crippen LogP contribution in [0, 0.1) is 5.92 Å². The van der Waals surface area contributed by atoms with Gasteiger partial charge in [0, 0.05) is 55.9 Å². The minimum Gasteiger partial charge on any atom is -0.370 e. The van der Waals surface area contributed by atoms with E-state index in [1.54, 1.807) is 44.2 Å². The van der Waals surface area contributed by atoms with Crippen molar-refractivity contribution in [3.63, 3.8) is 0 Å². The molecule has 438 valence electrons. The molecule has 3 fully saturated rings. The van der Waals surface area contributed by atoms with Gasteiger partial charge in [0.1, 0.15) is 42.3 Å². The number of carbonyl (C=O) groups is 10. The Morgan fingerprint density at radius 3 is 2.00 bits per heavy atom. The molecule has 0 aromatic heterocycles. The third-order valence-corrected chi connectivity index (χ3v) is 17.6. The van der Waals surface area contributed by atoms with Gasteiger partial charge < -0.3 is 70.4 Å². The van der Waals surface area contributed by atoms with Crippen LogP contribution in [0.4, 0.5) is 0 Å². The lowest BCUT2D eigenvalue weighted by molar-refractivity contribution is -0.142. The Kier molecular flexibility index (Phi) is 25.8. The van der Waals surface area contributed by atoms with Gasteiger partial charge >= 0.3 is 0 Å². The molecule has 2 aromatic carbocycles. The number of amides is 10. The molecule has 2 aliphatic heterocycles. The fourth-order valence-electron chi connectivity index (χ4n) is 9.82. The molecule has 5 rings (SSSR count). The highest BCUT2D eigenvalue weighted by Gasteiger charge is 2.42. The predicted octanol–water partition coefficient (Wildman–Crippen LogP) is -0.974. The lowest BCUT2D eigenvalue weighted by Crippen LogP contribution is -2.62. The fraction of sp³-hybridized carbons (Fsp3) is 0.574. The van der Waals surface area contributed by atoms with Gasteiger partial charge in [-0.25, -0.2) is 0 Å². The summed E-state index contributed by atoms with van der Waals surface area (Å²) in [6, 6.07) is 9.02. The van der Waals surface area contributed by atoms with Gasteiger partial charge in [-0.05, 0) is 55.6 Å². The van der Waals surface area contributed by atoms with Gasteiger partial charge in [-0.1, -0.05) is 122 Å². The number of nitrogens with two attached hydrogens (primary N) is 4. The summed E-state index contributed by atoms with van der Waals surface area (Å²) in [6.45, 7) is 3.66. The van der Waals surface area contributed by atoms with Crippen molar-refractivity contribution >= 4 is 86.6 Å². The molecule has 2 heterocycles. The van der Waals surface area contributed by atoms with Crippen molar-refractivity contribution in [3.8, 4) is 0 Å². The summed E-state index contributed by atoms with van der Waals surface area (Å²) < 4.78 is -0.694. The number of guanidine groups is 1. The van der Waals surface area contributed by atoms with E-state index in [-0.39, 0.29) is 76.4 Å². The Labute approximate surface area is 474 Å². The molecule has 1 spiro atoms. The molecule has 8 atom stereocenters. The third-order valence-electron chi connectivity index (χ3n) is 14.3. The molecule has 16 N–H and O–H groups in total. The Bertz CT molecular complexity index is 2480. The largest absolute Gasteiger partial charge is 0.370 e. The maximum absolute atomic E-state index is 15.0. The first kappa shape index (κ1) is 63.9. The maximum atomic E-state index is 15.0. The number of hydrogen-bond donors (Lipinski definition) is 12. The van der Waals surface area contributed by atoms with Crippen LogP contribution in [0.2, 0.25) is 0 Å². The second kappa shape index (κ2) is 32.4. The van der Waals surface area contributed by atoms with Crippen molar-refractivity contribution in [2.24, 2.45) is 33.8 Å². The van der Waals surface area contributed by atoms with Crippen molar-refractivity contribution in [2.75, 3.05) is 38.5 Å². The number of rotatable bonds is 20. The quantitative estimate of drug-likeness (QED) is 0.0328. The lowest BCUT2D eigenvalue weighted by atomic mass is 9.85. The van der Waals surface area contributed by atoms with Gasteiger partial charge in [-0.3, -0.25) is 52.9 Å². The van der Waals surface area contributed by atoms with Crippen LogP contribution in [0.5, 0.6) is 0 Å². The van der Waals surface area contributed by atoms with Gasteiger partial charge in [-0.2, -0.15) is 0 Å². The first-order chi connectivity index (χ1) is 38.3. The molecule has 80 heavy (non-hydrogen) atoms. The van der Waals surface area contributed by atoms with Gasteiger partial charge in [0.2, 0.25) is 59.1 Å². The number of hydrogen-bond acceptors (Lipinski definition) is 14. The predicted molar refractivity (Wildman–Crippen MR) is 305 cm³/mol. The van der Waals surface area contributed by atoms with Crippen LogP contribution in [0.25, 0.3) is 0 Å². The fourth-order valence-corrected chi connectivity index (χ4v) is 13.2. The molecule has 24 nitrogen and oxygen atoms in total. The second-order valence-corrected chi connectivity index (χ2v) is 23.4. The Morgan fingerprint density at radius 1 is 0.775 bits per heavy atom. The molecule has 1 aliphatic carbocycles. The molecule has 10 amide bonds. The SMILES string of the molecule is CC[C@H](C)[C@@H]1NC(=O)[C@H](Cc2ccccc2)NC(=O)C(Cc2ccccc2)NC(=O)CC2(CCCCC2)SSC[C@@H](C(=O)N2CCC[C@H]2C(=O)N[C@@H](CCCN=C(N)N)C(=O)NCC(=O)NCCN)NC(=O)C(CC(N)=O)NC1=O. The maximum Gasteiger partial charge on any atom is 0.246 e. The van der Waals surface area contributed by atoms with Crippen LogP contribution in [0.3, 0.4) is 0 Å². The summed E-state index contributed by atoms with van der Waals surface area (Å²) in [5.41, 5.74) is 23.6. The van der Waals surface area contributed by atoms with Crippen LogP contribution in [0.15, 0.2) is 65.7 Å². The van der Waals surface area contributed by atoms with E-state index in [2.05, 4.69) is 47.5 Å². The standard InChI is InChI=1S/C54H80N14O10S2/c1-3-33(2)45-51(77)65-39(29-42(56)69)48(74)66-40(52(78)68-26-14-20-41(68)50(76)63-36(19-13-24-60-53(57)58)46(72)61-31-44(71)59-25-23-55)32-79-80-54(21-11-6-12-22-54)30-43(70)62-37(27-34-15-7-4-8-16-34)47(73)64-38(49(75)67-45)28-35-17-9-5-10-18-35/h4-5,7-10,15-18,33,36-41,45H,3,6,11-14,19-32,55H2,1-2H3,(H2,56,69)(H,59,71)(H,61,72)(H,62,70)(H,63,76)(H,64,73)(H,65,77)(H,66,74)(H,67,75)(H4,57,58,60)/t33-,36-,37?,38-,39?,40-,41-,45-/m0/s1. The minimum absolute atomic E-state index is 0.00452. The summed E-state index contributed by atoms with van der Waals surface area (Å²) >= 11 is 0. The van der Waals surface area contributed by atoms with Crippen molar-refractivity contribution in [2.45, 2.75) is 151 Å². The molecule has 2 aromatic rings. The highest BCUT2D eigenvalue weighted by Crippen LogP contribution is 2.48. The monoisotopic (exact) mass is 1150 g/mol. The van der Waals surface area contributed by atoms with E-state index in [9.17, 15) is 43.2 Å². The van der Waals surface area contributed by atoms with Crippen molar-refractivity contribution in [1.82, 2.24) is 47.4 Å². The van der Waals surface area contributed by atoms with Gasteiger partial charge in [0.25, 0.3) is 0 Å². The molecule has 2 unspecified atom stereocenters. The average Bonchev–Trinajstić information content (AvgIpc) is 3.94. The number of benzene rings is 2. The van der Waals surface area contributed by atoms with Gasteiger partial charge in [0.15, 0.2) is 5.96 Å². The molecule has 2 saturated heterocycles. The number of nitrogens with one attached hydrogen (secondary N) is 8. The zero-order chi connectivity index (χ0) is 58.2. The van der Waals surface area contributed by atoms with Crippen molar-refractivity contribution < 1.29 is 47.9 Å². The lowest BCUT2D eigenvalue weighted by Gasteiger charge is -2.37. The van der Waals surface area contributed by atoms with Gasteiger partial charge in [0.05, 0.1) is 13.0 Å². The first-order valence-electron chi connectivity index (χ1n) is 27.4. The Hall–Kier alpha value is -6.93. The van der Waals surface area contributed by atoms with Gasteiger partial charge in [-0.15, -0.1) is 0 Å². The summed E-state index contributed by atoms with van der Waals surface area (Å²) in [5.74, 6) is -7.93. The molecular weight excluding hydrogens is 1070 g/mol. The summed E-state index contributed by atoms with van der Waals surface area (Å²) in [6.07, 6.45) is 4.29. The molecule has 26 heteroatoms. The number of carbonyl (C=O) groups excluding carboxylic acids is 10. The first-order valence-corrected chi connectivity index (χ1v) is 29.7. The van der Waals surface area contributed by atoms with E-state index in [0.29, 0.717) is 31.2 Å². The number of primary amides is 1. The van der Waals surface area contributed by atoms with E-state index < -0.39 is 125 Å². The minimum atomic E-state index is -1.65. The van der Waals surface area contributed by atoms with E-state index in [4.69, 9.17) is 22.9 Å². The molecule has 1 saturated carbocycles. The van der Waals surface area contributed by atoms with Crippen LogP contribution >= 0.6 is 21.6 Å². The molecule has 0 bridgehead atoms. The van der Waals surface area contributed by atoms with Crippen LogP contribution in [-0.4, -0.2) is 155 Å². The molecule has 0 radical (unpaired) electrons. The molecular formula is C54H80N14O10S2. The van der Waals surface area contributed by atoms with E-state index >= 15 is 4.79 Å². The zero-order valence-corrected chi connectivity index (χ0v) is 47.3. The number of likely N-dealkylation sites (tertiary alicyclic amines) is 1. The van der Waals surface area contributed by atoms with Crippen LogP contribution in [-0.2, 0) is 60.8 Å². The van der Waals surface area contributed by atoms with Crippen LogP contribution in [0.1, 0.15) is 102 Å². The Morgan fingerprint density at radius 2 is 1.39 bits per heavy atom. The van der Waals surface area contributed by atoms with E-state index in [1.807, 2.05) is 30.3 Å². The Balaban J connectivity index is 1.51.